The second-order valence-electron chi connectivity index (χ2n) is 4.43. The molecule has 0 saturated carbocycles. The summed E-state index contributed by atoms with van der Waals surface area (Å²) < 4.78 is 15.1. The van der Waals surface area contributed by atoms with E-state index in [-0.39, 0.29) is 11.3 Å². The Balaban J connectivity index is 2.28. The number of nitrogens with two attached hydrogens (primary N) is 1. The first kappa shape index (κ1) is 13.1. The Morgan fingerprint density at radius 1 is 1.42 bits per heavy atom. The van der Waals surface area contributed by atoms with Crippen LogP contribution in [0, 0.1) is 19.7 Å². The molecule has 1 aromatic carbocycles. The molecule has 5 nitrogen and oxygen atoms in total. The van der Waals surface area contributed by atoms with Gasteiger partial charge in [-0.3, -0.25) is 9.48 Å². The highest BCUT2D eigenvalue weighted by Crippen LogP contribution is 2.19. The molecule has 2 rings (SSSR count). The maximum Gasteiger partial charge on any atom is 0.255 e. The van der Waals surface area contributed by atoms with Gasteiger partial charge in [0.25, 0.3) is 5.91 Å². The number of aryl methyl sites for hydroxylation is 2. The van der Waals surface area contributed by atoms with Crippen LogP contribution in [0.25, 0.3) is 0 Å². The van der Waals surface area contributed by atoms with Crippen molar-refractivity contribution < 1.29 is 9.18 Å². The lowest BCUT2D eigenvalue weighted by Crippen LogP contribution is -2.13. The Labute approximate surface area is 110 Å². The molecule has 0 spiro atoms. The molecule has 0 saturated heterocycles. The summed E-state index contributed by atoms with van der Waals surface area (Å²) in [6.45, 7) is 3.34. The molecule has 0 atom stereocenters. The number of carbonyl (C=O) groups excluding carboxylic acids is 1. The Morgan fingerprint density at radius 3 is 2.63 bits per heavy atom. The molecular weight excluding hydrogens is 247 g/mol. The summed E-state index contributed by atoms with van der Waals surface area (Å²) in [6, 6.07) is 2.63. The zero-order valence-electron chi connectivity index (χ0n) is 11.0. The van der Waals surface area contributed by atoms with Crippen molar-refractivity contribution in [2.45, 2.75) is 13.8 Å². The number of nitrogen functional groups attached to an aromatic ring is 1. The van der Waals surface area contributed by atoms with Gasteiger partial charge in [0.05, 0.1) is 11.4 Å². The lowest BCUT2D eigenvalue weighted by Gasteiger charge is -2.07. The normalized spacial score (nSPS) is 10.5. The van der Waals surface area contributed by atoms with E-state index >= 15 is 0 Å². The second kappa shape index (κ2) is 4.72. The van der Waals surface area contributed by atoms with Crippen molar-refractivity contribution in [3.05, 3.63) is 41.0 Å². The van der Waals surface area contributed by atoms with Crippen LogP contribution in [0.3, 0.4) is 0 Å². The smallest absolute Gasteiger partial charge is 0.255 e. The van der Waals surface area contributed by atoms with E-state index in [2.05, 4.69) is 10.4 Å². The van der Waals surface area contributed by atoms with Crippen LogP contribution in [0.2, 0.25) is 0 Å². The average molecular weight is 262 g/mol. The summed E-state index contributed by atoms with van der Waals surface area (Å²) in [5.74, 6) is -0.908. The van der Waals surface area contributed by atoms with Crippen molar-refractivity contribution in [2.75, 3.05) is 11.1 Å². The van der Waals surface area contributed by atoms with Gasteiger partial charge < -0.3 is 11.1 Å². The molecule has 3 N–H and O–H groups in total. The molecule has 0 fully saturated rings. The Kier molecular flexibility index (Phi) is 3.25. The van der Waals surface area contributed by atoms with Crippen molar-refractivity contribution in [2.24, 2.45) is 7.05 Å². The van der Waals surface area contributed by atoms with Crippen LogP contribution >= 0.6 is 0 Å². The molecule has 1 aromatic heterocycles. The van der Waals surface area contributed by atoms with Crippen molar-refractivity contribution in [3.63, 3.8) is 0 Å². The van der Waals surface area contributed by atoms with E-state index in [0.717, 1.165) is 0 Å². The van der Waals surface area contributed by atoms with Crippen LogP contribution in [0.4, 0.5) is 15.8 Å². The predicted molar refractivity (Wildman–Crippen MR) is 71.4 cm³/mol. The fourth-order valence-electron chi connectivity index (χ4n) is 1.75. The van der Waals surface area contributed by atoms with Crippen molar-refractivity contribution in [3.8, 4) is 0 Å². The number of hydrogen-bond acceptors (Lipinski definition) is 3. The third-order valence-electron chi connectivity index (χ3n) is 2.91. The minimum Gasteiger partial charge on any atom is -0.398 e. The van der Waals surface area contributed by atoms with Gasteiger partial charge in [0.1, 0.15) is 5.82 Å². The predicted octanol–water partition coefficient (Wildman–Crippen LogP) is 2.01. The maximum absolute atomic E-state index is 13.5. The largest absolute Gasteiger partial charge is 0.398 e. The zero-order valence-corrected chi connectivity index (χ0v) is 11.0. The van der Waals surface area contributed by atoms with Gasteiger partial charge in [-0.05, 0) is 26.0 Å². The van der Waals surface area contributed by atoms with Crippen LogP contribution < -0.4 is 11.1 Å². The second-order valence-corrected chi connectivity index (χ2v) is 4.43. The van der Waals surface area contributed by atoms with Gasteiger partial charge >= 0.3 is 0 Å². The monoisotopic (exact) mass is 262 g/mol. The molecular formula is C13H15FN4O. The number of nitrogens with zero attached hydrogens (tertiary/aromatic N) is 2. The van der Waals surface area contributed by atoms with Crippen molar-refractivity contribution in [1.82, 2.24) is 9.78 Å². The Morgan fingerprint density at radius 2 is 2.11 bits per heavy atom. The van der Waals surface area contributed by atoms with E-state index in [0.29, 0.717) is 16.9 Å². The van der Waals surface area contributed by atoms with E-state index in [1.807, 2.05) is 0 Å². The minimum atomic E-state index is -0.493. The maximum atomic E-state index is 13.5. The van der Waals surface area contributed by atoms with E-state index in [1.54, 1.807) is 31.8 Å². The summed E-state index contributed by atoms with van der Waals surface area (Å²) in [5, 5.41) is 6.79. The molecule has 2 aromatic rings. The number of benzene rings is 1. The third kappa shape index (κ3) is 2.57. The van der Waals surface area contributed by atoms with Gasteiger partial charge in [0.2, 0.25) is 0 Å². The van der Waals surface area contributed by atoms with Crippen LogP contribution in [0.1, 0.15) is 21.6 Å². The minimum absolute atomic E-state index is 0.184. The quantitative estimate of drug-likeness (QED) is 0.813. The number of hydrogen-bond donors (Lipinski definition) is 2. The standard InChI is InChI=1S/C13H15FN4O/c1-7-10(14)4-9(5-11(7)15)13(19)16-12-6-18(3)17-8(12)2/h4-6H,15H2,1-3H3,(H,16,19). The van der Waals surface area contributed by atoms with Gasteiger partial charge in [0, 0.05) is 30.1 Å². The van der Waals surface area contributed by atoms with E-state index in [9.17, 15) is 9.18 Å². The van der Waals surface area contributed by atoms with Crippen molar-refractivity contribution in [1.29, 1.82) is 0 Å². The Hall–Kier alpha value is -2.37. The molecule has 6 heteroatoms. The SMILES string of the molecule is Cc1nn(C)cc1NC(=O)c1cc(N)c(C)c(F)c1. The van der Waals surface area contributed by atoms with Crippen LogP contribution in [0.15, 0.2) is 18.3 Å². The van der Waals surface area contributed by atoms with E-state index in [4.69, 9.17) is 5.73 Å². The molecule has 0 bridgehead atoms. The molecule has 19 heavy (non-hydrogen) atoms. The summed E-state index contributed by atoms with van der Waals surface area (Å²) in [7, 11) is 1.76. The lowest BCUT2D eigenvalue weighted by molar-refractivity contribution is 0.102. The highest BCUT2D eigenvalue weighted by atomic mass is 19.1. The molecule has 100 valence electrons. The van der Waals surface area contributed by atoms with Crippen LogP contribution in [0.5, 0.6) is 0 Å². The van der Waals surface area contributed by atoms with Gasteiger partial charge in [-0.1, -0.05) is 0 Å². The number of halogens is 1. The van der Waals surface area contributed by atoms with Gasteiger partial charge in [-0.2, -0.15) is 5.10 Å². The first-order chi connectivity index (χ1) is 8.88. The van der Waals surface area contributed by atoms with Crippen molar-refractivity contribution >= 4 is 17.3 Å². The fourth-order valence-corrected chi connectivity index (χ4v) is 1.75. The molecule has 1 amide bonds. The average Bonchev–Trinajstić information content (AvgIpc) is 2.64. The zero-order chi connectivity index (χ0) is 14.2. The number of carbonyl (C=O) groups is 1. The topological polar surface area (TPSA) is 72.9 Å². The van der Waals surface area contributed by atoms with Gasteiger partial charge in [-0.25, -0.2) is 4.39 Å². The summed E-state index contributed by atoms with van der Waals surface area (Å²) in [4.78, 5) is 12.0. The molecule has 1 heterocycles. The Bertz CT molecular complexity index is 625. The van der Waals surface area contributed by atoms with E-state index in [1.165, 1.54) is 12.1 Å². The fraction of sp³-hybridized carbons (Fsp3) is 0.231. The highest BCUT2D eigenvalue weighted by molar-refractivity contribution is 6.05. The molecule has 0 aliphatic rings. The number of aromatic nitrogens is 2. The number of nitrogens with one attached hydrogen (secondary N) is 1. The highest BCUT2D eigenvalue weighted by Gasteiger charge is 2.13. The summed E-state index contributed by atoms with van der Waals surface area (Å²) in [6.07, 6.45) is 1.68. The van der Waals surface area contributed by atoms with Gasteiger partial charge in [0.15, 0.2) is 0 Å². The lowest BCUT2D eigenvalue weighted by atomic mass is 10.1. The molecule has 0 aliphatic carbocycles. The summed E-state index contributed by atoms with van der Waals surface area (Å²) in [5.41, 5.74) is 7.71. The third-order valence-corrected chi connectivity index (χ3v) is 2.91. The van der Waals surface area contributed by atoms with Crippen LogP contribution in [-0.4, -0.2) is 15.7 Å². The number of amides is 1. The number of anilines is 2. The van der Waals surface area contributed by atoms with Crippen LogP contribution in [-0.2, 0) is 7.05 Å². The molecule has 0 radical (unpaired) electrons. The van der Waals surface area contributed by atoms with E-state index < -0.39 is 11.7 Å². The number of rotatable bonds is 2. The van der Waals surface area contributed by atoms with Gasteiger partial charge in [-0.15, -0.1) is 0 Å². The first-order valence-electron chi connectivity index (χ1n) is 5.75. The molecule has 0 unspecified atom stereocenters. The first-order valence-corrected chi connectivity index (χ1v) is 5.75. The molecule has 0 aliphatic heterocycles. The summed E-state index contributed by atoms with van der Waals surface area (Å²) >= 11 is 0.